The van der Waals surface area contributed by atoms with E-state index in [1.807, 2.05) is 12.1 Å². The zero-order valence-corrected chi connectivity index (χ0v) is 16.6. The molecule has 1 N–H and O–H groups in total. The second-order valence-electron chi connectivity index (χ2n) is 8.68. The lowest BCUT2D eigenvalue weighted by Crippen LogP contribution is -2.30. The fourth-order valence-electron chi connectivity index (χ4n) is 4.31. The summed E-state index contributed by atoms with van der Waals surface area (Å²) in [4.78, 5) is 11.0. The number of carboxylic acid groups (broad SMARTS) is 1. The van der Waals surface area contributed by atoms with Crippen molar-refractivity contribution in [2.75, 3.05) is 0 Å². The predicted octanol–water partition coefficient (Wildman–Crippen LogP) is 6.15. The van der Waals surface area contributed by atoms with Gasteiger partial charge in [-0.15, -0.1) is 0 Å². The molecular weight excluding hydrogens is 320 g/mol. The molecule has 2 aromatic carbocycles. The lowest BCUT2D eigenvalue weighted by molar-refractivity contribution is 0.0697. The van der Waals surface area contributed by atoms with E-state index >= 15 is 0 Å². The minimum absolute atomic E-state index is 0.151. The standard InChI is InChI=1S/C24H28O2/c1-15(13-17-7-9-18(10-8-17)22(25)26)19-11-12-20-21(14-19)24(5,6)16(2)23(20,3)4/h7-14,16H,1-6H3,(H,25,26). The Morgan fingerprint density at radius 1 is 0.923 bits per heavy atom. The molecule has 0 saturated heterocycles. The Labute approximate surface area is 156 Å². The van der Waals surface area contributed by atoms with E-state index in [9.17, 15) is 4.79 Å². The average molecular weight is 348 g/mol. The molecule has 136 valence electrons. The molecular formula is C24H28O2. The van der Waals surface area contributed by atoms with Crippen LogP contribution in [0.15, 0.2) is 42.5 Å². The van der Waals surface area contributed by atoms with Gasteiger partial charge in [-0.2, -0.15) is 0 Å². The maximum atomic E-state index is 11.0. The first kappa shape index (κ1) is 18.4. The van der Waals surface area contributed by atoms with E-state index in [0.29, 0.717) is 11.5 Å². The van der Waals surface area contributed by atoms with E-state index in [2.05, 4.69) is 65.8 Å². The molecule has 0 saturated carbocycles. The van der Waals surface area contributed by atoms with Crippen LogP contribution < -0.4 is 0 Å². The summed E-state index contributed by atoms with van der Waals surface area (Å²) in [5, 5.41) is 9.02. The molecule has 0 heterocycles. The lowest BCUT2D eigenvalue weighted by atomic mass is 9.71. The molecule has 0 radical (unpaired) electrons. The summed E-state index contributed by atoms with van der Waals surface area (Å²) in [6.07, 6.45) is 2.11. The van der Waals surface area contributed by atoms with Crippen molar-refractivity contribution in [2.24, 2.45) is 5.92 Å². The van der Waals surface area contributed by atoms with E-state index in [4.69, 9.17) is 5.11 Å². The summed E-state index contributed by atoms with van der Waals surface area (Å²) in [6.45, 7) is 13.8. The van der Waals surface area contributed by atoms with Crippen LogP contribution in [0.5, 0.6) is 0 Å². The van der Waals surface area contributed by atoms with Crippen molar-refractivity contribution < 1.29 is 9.90 Å². The molecule has 1 unspecified atom stereocenters. The van der Waals surface area contributed by atoms with E-state index in [-0.39, 0.29) is 10.8 Å². The van der Waals surface area contributed by atoms with Crippen LogP contribution in [0.25, 0.3) is 11.6 Å². The first-order valence-electron chi connectivity index (χ1n) is 9.22. The van der Waals surface area contributed by atoms with Gasteiger partial charge in [0.1, 0.15) is 0 Å². The van der Waals surface area contributed by atoms with Crippen LogP contribution in [0.2, 0.25) is 0 Å². The fraction of sp³-hybridized carbons (Fsp3) is 0.375. The molecule has 2 aromatic rings. The van der Waals surface area contributed by atoms with Gasteiger partial charge in [0.15, 0.2) is 0 Å². The zero-order valence-electron chi connectivity index (χ0n) is 16.6. The molecule has 0 aliphatic heterocycles. The van der Waals surface area contributed by atoms with Gasteiger partial charge in [-0.3, -0.25) is 0 Å². The minimum Gasteiger partial charge on any atom is -0.478 e. The molecule has 1 aliphatic carbocycles. The van der Waals surface area contributed by atoms with Crippen LogP contribution in [0.1, 0.15) is 74.2 Å². The molecule has 2 nitrogen and oxygen atoms in total. The van der Waals surface area contributed by atoms with Crippen LogP contribution in [-0.2, 0) is 10.8 Å². The number of rotatable bonds is 3. The third kappa shape index (κ3) is 2.88. The summed E-state index contributed by atoms with van der Waals surface area (Å²) in [7, 11) is 0. The van der Waals surface area contributed by atoms with E-state index in [1.165, 1.54) is 22.3 Å². The van der Waals surface area contributed by atoms with Crippen LogP contribution in [0.4, 0.5) is 0 Å². The number of fused-ring (bicyclic) bond motifs is 1. The Kier molecular flexibility index (Phi) is 4.34. The van der Waals surface area contributed by atoms with Crippen molar-refractivity contribution in [3.8, 4) is 0 Å². The highest BCUT2D eigenvalue weighted by atomic mass is 16.4. The van der Waals surface area contributed by atoms with Gasteiger partial charge < -0.3 is 5.11 Å². The van der Waals surface area contributed by atoms with Gasteiger partial charge in [-0.1, -0.05) is 71.0 Å². The monoisotopic (exact) mass is 348 g/mol. The first-order chi connectivity index (χ1) is 12.0. The highest BCUT2D eigenvalue weighted by Gasteiger charge is 2.48. The van der Waals surface area contributed by atoms with Crippen molar-refractivity contribution in [2.45, 2.75) is 52.4 Å². The topological polar surface area (TPSA) is 37.3 Å². The Morgan fingerprint density at radius 3 is 2.04 bits per heavy atom. The molecule has 26 heavy (non-hydrogen) atoms. The lowest BCUT2D eigenvalue weighted by Gasteiger charge is -2.32. The molecule has 0 amide bonds. The van der Waals surface area contributed by atoms with Gasteiger partial charge >= 0.3 is 5.97 Å². The minimum atomic E-state index is -0.894. The van der Waals surface area contributed by atoms with Gasteiger partial charge in [0.25, 0.3) is 0 Å². The Bertz CT molecular complexity index is 883. The highest BCUT2D eigenvalue weighted by molar-refractivity contribution is 5.88. The van der Waals surface area contributed by atoms with E-state index in [0.717, 1.165) is 5.56 Å². The van der Waals surface area contributed by atoms with Crippen molar-refractivity contribution >= 4 is 17.6 Å². The molecule has 0 spiro atoms. The normalized spacial score (nSPS) is 20.7. The Hall–Kier alpha value is -2.35. The first-order valence-corrected chi connectivity index (χ1v) is 9.22. The smallest absolute Gasteiger partial charge is 0.335 e. The summed E-state index contributed by atoms with van der Waals surface area (Å²) in [6, 6.07) is 13.9. The van der Waals surface area contributed by atoms with Crippen LogP contribution in [0, 0.1) is 5.92 Å². The maximum absolute atomic E-state index is 11.0. The number of aromatic carboxylic acids is 1. The fourth-order valence-corrected chi connectivity index (χ4v) is 4.31. The third-order valence-corrected chi connectivity index (χ3v) is 6.57. The second-order valence-corrected chi connectivity index (χ2v) is 8.68. The van der Waals surface area contributed by atoms with Gasteiger partial charge in [-0.25, -0.2) is 4.79 Å². The molecule has 2 heteroatoms. The molecule has 0 fully saturated rings. The van der Waals surface area contributed by atoms with Gasteiger partial charge in [0.05, 0.1) is 5.56 Å². The van der Waals surface area contributed by atoms with Crippen LogP contribution in [0.3, 0.4) is 0 Å². The average Bonchev–Trinajstić information content (AvgIpc) is 2.73. The molecule has 0 aromatic heterocycles. The van der Waals surface area contributed by atoms with Crippen LogP contribution in [-0.4, -0.2) is 11.1 Å². The van der Waals surface area contributed by atoms with Gasteiger partial charge in [-0.05, 0) is 63.6 Å². The predicted molar refractivity (Wildman–Crippen MR) is 109 cm³/mol. The number of carboxylic acids is 1. The number of hydrogen-bond donors (Lipinski definition) is 1. The van der Waals surface area contributed by atoms with Crippen LogP contribution >= 0.6 is 0 Å². The van der Waals surface area contributed by atoms with Crippen molar-refractivity contribution in [1.82, 2.24) is 0 Å². The van der Waals surface area contributed by atoms with Crippen molar-refractivity contribution in [3.05, 3.63) is 70.3 Å². The SMILES string of the molecule is CC(=Cc1ccc(C(=O)O)cc1)c1ccc2c(c1)C(C)(C)C(C)C2(C)C. The van der Waals surface area contributed by atoms with Crippen molar-refractivity contribution in [1.29, 1.82) is 0 Å². The number of hydrogen-bond acceptors (Lipinski definition) is 1. The largest absolute Gasteiger partial charge is 0.478 e. The molecule has 0 bridgehead atoms. The van der Waals surface area contributed by atoms with E-state index in [1.54, 1.807) is 12.1 Å². The Morgan fingerprint density at radius 2 is 1.46 bits per heavy atom. The number of benzene rings is 2. The third-order valence-electron chi connectivity index (χ3n) is 6.57. The Balaban J connectivity index is 1.98. The summed E-state index contributed by atoms with van der Waals surface area (Å²) < 4.78 is 0. The number of allylic oxidation sites excluding steroid dienone is 1. The van der Waals surface area contributed by atoms with Gasteiger partial charge in [0.2, 0.25) is 0 Å². The highest BCUT2D eigenvalue weighted by Crippen LogP contribution is 2.53. The number of carbonyl (C=O) groups is 1. The molecule has 3 rings (SSSR count). The summed E-state index contributed by atoms with van der Waals surface area (Å²) in [5.41, 5.74) is 6.98. The van der Waals surface area contributed by atoms with E-state index < -0.39 is 5.97 Å². The summed E-state index contributed by atoms with van der Waals surface area (Å²) in [5.74, 6) is -0.317. The van der Waals surface area contributed by atoms with Crippen molar-refractivity contribution in [3.63, 3.8) is 0 Å². The summed E-state index contributed by atoms with van der Waals surface area (Å²) >= 11 is 0. The van der Waals surface area contributed by atoms with Gasteiger partial charge in [0, 0.05) is 0 Å². The molecule has 1 atom stereocenters. The quantitative estimate of drug-likeness (QED) is 0.675. The zero-order chi connectivity index (χ0) is 19.3. The maximum Gasteiger partial charge on any atom is 0.335 e. The molecule has 1 aliphatic rings. The second kappa shape index (κ2) is 6.12.